The lowest BCUT2D eigenvalue weighted by atomic mass is 9.79. The maximum Gasteiger partial charge on any atom is 0.363 e. The topological polar surface area (TPSA) is 148 Å². The largest absolute Gasteiger partial charge is 0.508 e. The molecule has 10 heteroatoms. The van der Waals surface area contributed by atoms with Crippen LogP contribution < -0.4 is 4.74 Å². The molecule has 1 aliphatic carbocycles. The van der Waals surface area contributed by atoms with E-state index in [2.05, 4.69) is 0 Å². The van der Waals surface area contributed by atoms with Crippen molar-refractivity contribution in [2.45, 2.75) is 38.2 Å². The van der Waals surface area contributed by atoms with Crippen molar-refractivity contribution in [1.29, 1.82) is 0 Å². The van der Waals surface area contributed by atoms with Gasteiger partial charge < -0.3 is 19.8 Å². The molecule has 2 N–H and O–H groups in total. The Bertz CT molecular complexity index is 1340. The van der Waals surface area contributed by atoms with Gasteiger partial charge in [-0.15, -0.1) is 5.06 Å². The van der Waals surface area contributed by atoms with E-state index in [1.807, 2.05) is 0 Å². The smallest absolute Gasteiger partial charge is 0.363 e. The molecule has 2 heterocycles. The summed E-state index contributed by atoms with van der Waals surface area (Å²) in [5, 5.41) is 20.3. The minimum atomic E-state index is -1.31. The fourth-order valence-electron chi connectivity index (χ4n) is 4.58. The average Bonchev–Trinajstić information content (AvgIpc) is 3.14. The van der Waals surface area contributed by atoms with Crippen LogP contribution in [0, 0.1) is 0 Å². The summed E-state index contributed by atoms with van der Waals surface area (Å²) in [6, 6.07) is 8.39. The maximum atomic E-state index is 12.6. The number of fused-ring (bicyclic) bond motifs is 2. The van der Waals surface area contributed by atoms with Crippen molar-refractivity contribution >= 4 is 35.1 Å². The molecule has 0 radical (unpaired) electrons. The lowest BCUT2D eigenvalue weighted by Crippen LogP contribution is -2.32. The number of ketones is 1. The molecule has 35 heavy (non-hydrogen) atoms. The predicted octanol–water partition coefficient (Wildman–Crippen LogP) is 2.63. The highest BCUT2D eigenvalue weighted by molar-refractivity contribution is 6.04. The van der Waals surface area contributed by atoms with Gasteiger partial charge in [-0.3, -0.25) is 14.4 Å². The average molecular weight is 477 g/mol. The van der Waals surface area contributed by atoms with Crippen LogP contribution in [0.25, 0.3) is 5.57 Å². The number of rotatable bonds is 4. The molecule has 2 aromatic carbocycles. The van der Waals surface area contributed by atoms with Gasteiger partial charge in [-0.25, -0.2) is 9.59 Å². The van der Waals surface area contributed by atoms with E-state index in [-0.39, 0.29) is 48.3 Å². The molecule has 2 fully saturated rings. The molecule has 178 valence electrons. The third-order valence-electron chi connectivity index (χ3n) is 6.23. The zero-order valence-corrected chi connectivity index (χ0v) is 18.3. The molecule has 5 rings (SSSR count). The summed E-state index contributed by atoms with van der Waals surface area (Å²) < 4.78 is 5.97. The van der Waals surface area contributed by atoms with Crippen molar-refractivity contribution in [2.75, 3.05) is 0 Å². The number of carboxylic acids is 1. The summed E-state index contributed by atoms with van der Waals surface area (Å²) >= 11 is 0. The number of nitrogens with zero attached hydrogens (tertiary/aromatic N) is 1. The molecule has 0 bridgehead atoms. The Morgan fingerprint density at radius 3 is 2.37 bits per heavy atom. The molecule has 1 atom stereocenters. The molecule has 10 nitrogen and oxygen atoms in total. The van der Waals surface area contributed by atoms with Crippen LogP contribution in [0.1, 0.15) is 63.9 Å². The summed E-state index contributed by atoms with van der Waals surface area (Å²) in [6.45, 7) is 0. The number of Topliss-reactive ketones (excluding diaryl/α,β-unsaturated/α-hetero) is 1. The monoisotopic (exact) mass is 477 g/mol. The van der Waals surface area contributed by atoms with Gasteiger partial charge >= 0.3 is 11.9 Å². The fraction of sp³-hybridized carbons (Fsp3) is 0.240. The summed E-state index contributed by atoms with van der Waals surface area (Å²) in [7, 11) is 0. The van der Waals surface area contributed by atoms with Crippen molar-refractivity contribution in [2.24, 2.45) is 0 Å². The number of hydrogen-bond donors (Lipinski definition) is 2. The molecular formula is C25H19NO9. The van der Waals surface area contributed by atoms with Crippen molar-refractivity contribution < 1.29 is 43.8 Å². The Balaban J connectivity index is 1.60. The Hall–Kier alpha value is -4.47. The number of aromatic carboxylic acids is 1. The second-order valence-electron chi connectivity index (χ2n) is 8.46. The van der Waals surface area contributed by atoms with E-state index in [0.717, 1.165) is 11.6 Å². The number of carbonyl (C=O) groups excluding carboxylic acids is 4. The first-order valence-electron chi connectivity index (χ1n) is 10.9. The van der Waals surface area contributed by atoms with Crippen LogP contribution >= 0.6 is 0 Å². The summed E-state index contributed by atoms with van der Waals surface area (Å²) in [5.74, 6) is -3.37. The zero-order valence-electron chi connectivity index (χ0n) is 18.3. The highest BCUT2D eigenvalue weighted by Gasteiger charge is 2.36. The quantitative estimate of drug-likeness (QED) is 0.634. The first-order chi connectivity index (χ1) is 16.7. The number of hydroxylamine groups is 2. The maximum absolute atomic E-state index is 12.6. The lowest BCUT2D eigenvalue weighted by Gasteiger charge is -2.34. The van der Waals surface area contributed by atoms with Crippen LogP contribution in [-0.4, -0.2) is 50.9 Å². The fourth-order valence-corrected chi connectivity index (χ4v) is 4.58. The van der Waals surface area contributed by atoms with E-state index in [1.165, 1.54) is 24.3 Å². The lowest BCUT2D eigenvalue weighted by molar-refractivity contribution is -0.172. The van der Waals surface area contributed by atoms with Gasteiger partial charge in [0.25, 0.3) is 11.8 Å². The van der Waals surface area contributed by atoms with E-state index < -0.39 is 29.9 Å². The number of carboxylic acid groups (broad SMARTS) is 1. The molecule has 3 aliphatic rings. The predicted molar refractivity (Wildman–Crippen MR) is 117 cm³/mol. The summed E-state index contributed by atoms with van der Waals surface area (Å²) in [5.41, 5.74) is 1.80. The highest BCUT2D eigenvalue weighted by atomic mass is 16.7. The molecular weight excluding hydrogens is 458 g/mol. The number of amides is 2. The minimum Gasteiger partial charge on any atom is -0.508 e. The standard InChI is InChI=1S/C25H19NO9/c27-13-2-5-16-19(10-13)34-20-11-14(28)3-6-17(20)23(16)15-4-1-12(9-18(15)24(31)32)25(33)35-26-21(29)7-8-22(26)30/h1-2,4-5,9-10,20,27H,3,6-8,11H2,(H,31,32). The second kappa shape index (κ2) is 8.39. The molecule has 0 aromatic heterocycles. The zero-order chi connectivity index (χ0) is 24.9. The van der Waals surface area contributed by atoms with Gasteiger partial charge in [0.05, 0.1) is 11.1 Å². The van der Waals surface area contributed by atoms with Crippen molar-refractivity contribution in [3.8, 4) is 11.5 Å². The van der Waals surface area contributed by atoms with Crippen LogP contribution in [-0.2, 0) is 19.2 Å². The number of phenols is 1. The number of benzene rings is 2. The number of hydrogen-bond acceptors (Lipinski definition) is 8. The first-order valence-corrected chi connectivity index (χ1v) is 10.9. The molecule has 2 amide bonds. The minimum absolute atomic E-state index is 0.0178. The van der Waals surface area contributed by atoms with Crippen molar-refractivity contribution in [3.05, 3.63) is 64.2 Å². The number of phenolic OH excluding ortho intramolecular Hbond substituents is 1. The van der Waals surface area contributed by atoms with Gasteiger partial charge in [-0.05, 0) is 47.4 Å². The normalized spacial score (nSPS) is 19.3. The summed E-state index contributed by atoms with van der Waals surface area (Å²) in [6.07, 6.45) is 0.0574. The Morgan fingerprint density at radius 1 is 0.943 bits per heavy atom. The molecule has 1 saturated heterocycles. The Morgan fingerprint density at radius 2 is 1.66 bits per heavy atom. The highest BCUT2D eigenvalue weighted by Crippen LogP contribution is 2.45. The van der Waals surface area contributed by atoms with Gasteiger partial charge in [-0.2, -0.15) is 0 Å². The van der Waals surface area contributed by atoms with Gasteiger partial charge in [0.2, 0.25) is 0 Å². The van der Waals surface area contributed by atoms with E-state index in [0.29, 0.717) is 33.9 Å². The third kappa shape index (κ3) is 3.92. The number of imide groups is 1. The van der Waals surface area contributed by atoms with E-state index in [4.69, 9.17) is 9.57 Å². The van der Waals surface area contributed by atoms with E-state index >= 15 is 0 Å². The van der Waals surface area contributed by atoms with Crippen LogP contribution in [0.15, 0.2) is 42.0 Å². The first kappa shape index (κ1) is 22.3. The van der Waals surface area contributed by atoms with Crippen LogP contribution in [0.5, 0.6) is 11.5 Å². The molecule has 1 unspecified atom stereocenters. The second-order valence-corrected chi connectivity index (χ2v) is 8.46. The van der Waals surface area contributed by atoms with Gasteiger partial charge in [0.15, 0.2) is 0 Å². The Kier molecular flexibility index (Phi) is 5.35. The number of aromatic hydroxyl groups is 1. The van der Waals surface area contributed by atoms with Crippen LogP contribution in [0.4, 0.5) is 0 Å². The molecule has 2 aromatic rings. The summed E-state index contributed by atoms with van der Waals surface area (Å²) in [4.78, 5) is 65.3. The van der Waals surface area contributed by atoms with E-state index in [9.17, 15) is 34.2 Å². The molecule has 2 aliphatic heterocycles. The Labute approximate surface area is 198 Å². The SMILES string of the molecule is O=C1CCC2=C(c3ccc(C(=O)ON4C(=O)CCC4=O)cc3C(=O)O)c3ccc(O)cc3OC2C1. The van der Waals surface area contributed by atoms with Crippen LogP contribution in [0.3, 0.4) is 0 Å². The molecule has 0 spiro atoms. The van der Waals surface area contributed by atoms with Gasteiger partial charge in [0, 0.05) is 37.3 Å². The number of carbonyl (C=O) groups is 5. The third-order valence-corrected chi connectivity index (χ3v) is 6.23. The van der Waals surface area contributed by atoms with Gasteiger partial charge in [0.1, 0.15) is 23.4 Å². The van der Waals surface area contributed by atoms with Gasteiger partial charge in [-0.1, -0.05) is 6.07 Å². The van der Waals surface area contributed by atoms with E-state index in [1.54, 1.807) is 6.07 Å². The van der Waals surface area contributed by atoms with Crippen molar-refractivity contribution in [3.63, 3.8) is 0 Å². The van der Waals surface area contributed by atoms with Crippen molar-refractivity contribution in [1.82, 2.24) is 5.06 Å². The molecule has 1 saturated carbocycles. The number of ether oxygens (including phenoxy) is 1. The van der Waals surface area contributed by atoms with Crippen LogP contribution in [0.2, 0.25) is 0 Å².